The Labute approximate surface area is 154 Å². The molecule has 1 atom stereocenters. The molecule has 1 aromatic carbocycles. The first-order valence-corrected chi connectivity index (χ1v) is 9.77. The van der Waals surface area contributed by atoms with Gasteiger partial charge in [0.15, 0.2) is 0 Å². The van der Waals surface area contributed by atoms with Crippen molar-refractivity contribution in [2.45, 2.75) is 19.4 Å². The topological polar surface area (TPSA) is 87.3 Å². The van der Waals surface area contributed by atoms with Crippen LogP contribution in [0.25, 0.3) is 0 Å². The van der Waals surface area contributed by atoms with Crippen molar-refractivity contribution < 1.29 is 14.4 Å². The van der Waals surface area contributed by atoms with Gasteiger partial charge in [0.2, 0.25) is 11.8 Å². The number of carbonyl (C=O) groups excluding carboxylic acids is 3. The molecule has 0 saturated carbocycles. The molecule has 24 heavy (non-hydrogen) atoms. The lowest BCUT2D eigenvalue weighted by atomic mass is 10.1. The molecule has 0 spiro atoms. The number of hydrogen-bond donors (Lipinski definition) is 3. The molecule has 3 amide bonds. The average molecular weight is 416 g/mol. The average Bonchev–Trinajstić information content (AvgIpc) is 2.56. The molecule has 0 saturated heterocycles. The van der Waals surface area contributed by atoms with E-state index in [-0.39, 0.29) is 24.3 Å². The quantitative estimate of drug-likeness (QED) is 0.570. The van der Waals surface area contributed by atoms with E-state index in [0.29, 0.717) is 23.0 Å². The maximum Gasteiger partial charge on any atom is 0.253 e. The fourth-order valence-electron chi connectivity index (χ4n) is 1.94. The van der Waals surface area contributed by atoms with Crippen molar-refractivity contribution in [1.82, 2.24) is 16.0 Å². The van der Waals surface area contributed by atoms with Crippen LogP contribution in [0, 0.1) is 0 Å². The molecule has 3 N–H and O–H groups in total. The molecule has 0 heterocycles. The van der Waals surface area contributed by atoms with Crippen molar-refractivity contribution in [2.24, 2.45) is 0 Å². The molecule has 132 valence electrons. The molecule has 0 fully saturated rings. The molecule has 0 bridgehead atoms. The second-order valence-corrected chi connectivity index (χ2v) is 6.80. The summed E-state index contributed by atoms with van der Waals surface area (Å²) in [5.74, 6) is -0.237. The van der Waals surface area contributed by atoms with Gasteiger partial charge in [-0.2, -0.15) is 11.8 Å². The molecule has 1 rings (SSSR count). The smallest absolute Gasteiger partial charge is 0.253 e. The van der Waals surface area contributed by atoms with Crippen molar-refractivity contribution >= 4 is 45.4 Å². The molecule has 0 aromatic heterocycles. The summed E-state index contributed by atoms with van der Waals surface area (Å²) >= 11 is 4.91. The van der Waals surface area contributed by atoms with Gasteiger partial charge in [-0.1, -0.05) is 12.1 Å². The zero-order chi connectivity index (χ0) is 17.9. The van der Waals surface area contributed by atoms with Gasteiger partial charge in [-0.3, -0.25) is 14.4 Å². The molecule has 6 nitrogen and oxygen atoms in total. The number of halogens is 1. The number of hydrogen-bond acceptors (Lipinski definition) is 4. The van der Waals surface area contributed by atoms with E-state index in [0.717, 1.165) is 5.75 Å². The van der Waals surface area contributed by atoms with Crippen LogP contribution in [-0.4, -0.2) is 48.9 Å². The Bertz CT molecular complexity index is 583. The minimum atomic E-state index is -0.688. The second kappa shape index (κ2) is 11.1. The molecule has 0 aliphatic carbocycles. The highest BCUT2D eigenvalue weighted by molar-refractivity contribution is 9.10. The Balaban J connectivity index is 2.70. The van der Waals surface area contributed by atoms with E-state index < -0.39 is 6.04 Å². The van der Waals surface area contributed by atoms with Gasteiger partial charge in [-0.05, 0) is 53.4 Å². The summed E-state index contributed by atoms with van der Waals surface area (Å²) in [6.45, 7) is 2.20. The number of thioether (sulfide) groups is 1. The lowest BCUT2D eigenvalue weighted by Crippen LogP contribution is -2.49. The molecule has 1 aromatic rings. The first kappa shape index (κ1) is 20.5. The van der Waals surface area contributed by atoms with Gasteiger partial charge in [0.25, 0.3) is 5.91 Å². The van der Waals surface area contributed by atoms with Crippen molar-refractivity contribution in [3.63, 3.8) is 0 Å². The van der Waals surface area contributed by atoms with Gasteiger partial charge in [0.1, 0.15) is 6.04 Å². The van der Waals surface area contributed by atoms with Crippen LogP contribution in [0.1, 0.15) is 23.7 Å². The van der Waals surface area contributed by atoms with E-state index in [1.54, 1.807) is 36.9 Å². The van der Waals surface area contributed by atoms with Crippen LogP contribution in [0.5, 0.6) is 0 Å². The largest absolute Gasteiger partial charge is 0.355 e. The number of benzene rings is 1. The van der Waals surface area contributed by atoms with Crippen molar-refractivity contribution in [3.05, 3.63) is 34.3 Å². The number of likely N-dealkylation sites (N-methyl/N-ethyl adjacent to an activating group) is 1. The maximum atomic E-state index is 12.4. The van der Waals surface area contributed by atoms with Gasteiger partial charge in [0, 0.05) is 11.0 Å². The van der Waals surface area contributed by atoms with Crippen LogP contribution in [-0.2, 0) is 9.59 Å². The summed E-state index contributed by atoms with van der Waals surface area (Å²) in [5, 5.41) is 7.91. The highest BCUT2D eigenvalue weighted by Gasteiger charge is 2.22. The number of carbonyl (C=O) groups is 3. The van der Waals surface area contributed by atoms with Crippen LogP contribution in [0.3, 0.4) is 0 Å². The molecule has 0 aliphatic heterocycles. The highest BCUT2D eigenvalue weighted by Crippen LogP contribution is 2.16. The van der Waals surface area contributed by atoms with Crippen LogP contribution in [0.15, 0.2) is 28.7 Å². The van der Waals surface area contributed by atoms with E-state index in [1.165, 1.54) is 0 Å². The predicted molar refractivity (Wildman–Crippen MR) is 100 cm³/mol. The van der Waals surface area contributed by atoms with Crippen LogP contribution in [0.4, 0.5) is 0 Å². The number of nitrogens with one attached hydrogen (secondary N) is 3. The zero-order valence-electron chi connectivity index (χ0n) is 13.7. The minimum Gasteiger partial charge on any atom is -0.355 e. The molecular weight excluding hydrogens is 394 g/mol. The molecular formula is C16H22BrN3O3S. The van der Waals surface area contributed by atoms with E-state index in [9.17, 15) is 14.4 Å². The molecule has 0 aliphatic rings. The summed E-state index contributed by atoms with van der Waals surface area (Å²) in [4.78, 5) is 36.1. The monoisotopic (exact) mass is 415 g/mol. The summed E-state index contributed by atoms with van der Waals surface area (Å²) in [6, 6.07) is 6.32. The Hall–Kier alpha value is -1.54. The van der Waals surface area contributed by atoms with Gasteiger partial charge in [0.05, 0.1) is 12.1 Å². The van der Waals surface area contributed by atoms with Gasteiger partial charge >= 0.3 is 0 Å². The van der Waals surface area contributed by atoms with Gasteiger partial charge in [-0.15, -0.1) is 0 Å². The predicted octanol–water partition coefficient (Wildman–Crippen LogP) is 1.55. The lowest BCUT2D eigenvalue weighted by molar-refractivity contribution is -0.127. The van der Waals surface area contributed by atoms with Crippen molar-refractivity contribution in [2.75, 3.05) is 25.1 Å². The summed E-state index contributed by atoms with van der Waals surface area (Å²) in [5.41, 5.74) is 0.461. The minimum absolute atomic E-state index is 0.104. The first-order valence-electron chi connectivity index (χ1n) is 7.58. The third-order valence-corrected chi connectivity index (χ3v) is 4.48. The maximum absolute atomic E-state index is 12.4. The summed E-state index contributed by atoms with van der Waals surface area (Å²) in [7, 11) is 0. The summed E-state index contributed by atoms with van der Waals surface area (Å²) in [6.07, 6.45) is 2.41. The third kappa shape index (κ3) is 6.92. The Morgan fingerprint density at radius 3 is 2.54 bits per heavy atom. The molecule has 8 heteroatoms. The third-order valence-electron chi connectivity index (χ3n) is 3.15. The second-order valence-electron chi connectivity index (χ2n) is 4.96. The molecule has 0 radical (unpaired) electrons. The fraction of sp³-hybridized carbons (Fsp3) is 0.438. The highest BCUT2D eigenvalue weighted by atomic mass is 79.9. The Morgan fingerprint density at radius 2 is 1.92 bits per heavy atom. The normalized spacial score (nSPS) is 11.5. The van der Waals surface area contributed by atoms with E-state index in [2.05, 4.69) is 31.9 Å². The fourth-order valence-corrected chi connectivity index (χ4v) is 2.87. The lowest BCUT2D eigenvalue weighted by Gasteiger charge is -2.18. The Kier molecular flexibility index (Phi) is 9.48. The van der Waals surface area contributed by atoms with E-state index >= 15 is 0 Å². The molecule has 0 unspecified atom stereocenters. The SMILES string of the molecule is CCNC(=O)CNC(=O)[C@H](CCSC)NC(=O)c1ccccc1Br. The van der Waals surface area contributed by atoms with Crippen LogP contribution >= 0.6 is 27.7 Å². The van der Waals surface area contributed by atoms with Gasteiger partial charge in [-0.25, -0.2) is 0 Å². The van der Waals surface area contributed by atoms with Crippen LogP contribution in [0.2, 0.25) is 0 Å². The van der Waals surface area contributed by atoms with Crippen LogP contribution < -0.4 is 16.0 Å². The standard InChI is InChI=1S/C16H22BrN3O3S/c1-3-18-14(21)10-19-16(23)13(8-9-24-2)20-15(22)11-6-4-5-7-12(11)17/h4-7,13H,3,8-10H2,1-2H3,(H,18,21)(H,19,23)(H,20,22)/t13-/m0/s1. The van der Waals surface area contributed by atoms with E-state index in [4.69, 9.17) is 0 Å². The Morgan fingerprint density at radius 1 is 1.21 bits per heavy atom. The zero-order valence-corrected chi connectivity index (χ0v) is 16.1. The number of rotatable bonds is 9. The van der Waals surface area contributed by atoms with Crippen molar-refractivity contribution in [3.8, 4) is 0 Å². The van der Waals surface area contributed by atoms with Gasteiger partial charge < -0.3 is 16.0 Å². The van der Waals surface area contributed by atoms with E-state index in [1.807, 2.05) is 12.3 Å². The van der Waals surface area contributed by atoms with Crippen molar-refractivity contribution in [1.29, 1.82) is 0 Å². The first-order chi connectivity index (χ1) is 11.5. The summed E-state index contributed by atoms with van der Waals surface area (Å²) < 4.78 is 0.661. The number of amides is 3.